The summed E-state index contributed by atoms with van der Waals surface area (Å²) in [7, 11) is 0. The average Bonchev–Trinajstić information content (AvgIpc) is 2.77. The summed E-state index contributed by atoms with van der Waals surface area (Å²) in [5.74, 6) is 0.792. The highest BCUT2D eigenvalue weighted by Crippen LogP contribution is 2.26. The zero-order valence-corrected chi connectivity index (χ0v) is 12.5. The smallest absolute Gasteiger partial charge is 0.0613 e. The monoisotopic (exact) mass is 266 g/mol. The molecule has 0 aromatic rings. The van der Waals surface area contributed by atoms with Gasteiger partial charge in [-0.1, -0.05) is 13.3 Å². The lowest BCUT2D eigenvalue weighted by molar-refractivity contribution is 0.0713. The van der Waals surface area contributed by atoms with Crippen molar-refractivity contribution < 1.29 is 4.74 Å². The molecule has 3 unspecified atom stereocenters. The number of piperidine rings is 1. The molecule has 3 nitrogen and oxygen atoms in total. The summed E-state index contributed by atoms with van der Waals surface area (Å²) in [4.78, 5) is 5.50. The highest BCUT2D eigenvalue weighted by molar-refractivity contribution is 4.86. The molecule has 0 radical (unpaired) electrons. The maximum Gasteiger partial charge on any atom is 0.0613 e. The molecular formula is C16H30N2O. The van der Waals surface area contributed by atoms with Gasteiger partial charge >= 0.3 is 0 Å². The van der Waals surface area contributed by atoms with Gasteiger partial charge in [0.1, 0.15) is 0 Å². The number of fused-ring (bicyclic) bond motifs is 1. The molecule has 110 valence electrons. The van der Waals surface area contributed by atoms with E-state index < -0.39 is 0 Å². The van der Waals surface area contributed by atoms with Crippen LogP contribution in [0.3, 0.4) is 0 Å². The minimum Gasteiger partial charge on any atom is -0.378 e. The third-order valence-electron chi connectivity index (χ3n) is 5.38. The Labute approximate surface area is 118 Å². The molecule has 19 heavy (non-hydrogen) atoms. The van der Waals surface area contributed by atoms with E-state index in [1.165, 1.54) is 71.2 Å². The quantitative estimate of drug-likeness (QED) is 0.780. The molecule has 3 heterocycles. The second-order valence-corrected chi connectivity index (χ2v) is 6.66. The van der Waals surface area contributed by atoms with E-state index in [-0.39, 0.29) is 0 Å². The van der Waals surface area contributed by atoms with Crippen LogP contribution >= 0.6 is 0 Å². The Morgan fingerprint density at radius 2 is 1.95 bits per heavy atom. The van der Waals surface area contributed by atoms with E-state index in [0.717, 1.165) is 18.6 Å². The predicted octanol–water partition coefficient (Wildman–Crippen LogP) is 2.36. The van der Waals surface area contributed by atoms with Crippen LogP contribution in [0.4, 0.5) is 0 Å². The molecule has 0 amide bonds. The third kappa shape index (κ3) is 3.32. The van der Waals surface area contributed by atoms with Crippen molar-refractivity contribution in [2.24, 2.45) is 5.92 Å². The average molecular weight is 266 g/mol. The van der Waals surface area contributed by atoms with Gasteiger partial charge in [-0.2, -0.15) is 0 Å². The van der Waals surface area contributed by atoms with Gasteiger partial charge in [-0.15, -0.1) is 0 Å². The van der Waals surface area contributed by atoms with Crippen LogP contribution in [0.25, 0.3) is 0 Å². The van der Waals surface area contributed by atoms with E-state index in [2.05, 4.69) is 16.7 Å². The molecule has 3 rings (SSSR count). The van der Waals surface area contributed by atoms with Crippen LogP contribution in [0.5, 0.6) is 0 Å². The minimum absolute atomic E-state index is 0.533. The zero-order chi connectivity index (χ0) is 13.1. The number of hydrogen-bond donors (Lipinski definition) is 0. The molecular weight excluding hydrogens is 236 g/mol. The summed E-state index contributed by atoms with van der Waals surface area (Å²) in [6, 6.07) is 0.846. The van der Waals surface area contributed by atoms with Gasteiger partial charge in [0.15, 0.2) is 0 Å². The van der Waals surface area contributed by atoms with Gasteiger partial charge in [-0.25, -0.2) is 0 Å². The highest BCUT2D eigenvalue weighted by atomic mass is 16.5. The van der Waals surface area contributed by atoms with Crippen molar-refractivity contribution in [2.75, 3.05) is 39.3 Å². The Bertz CT molecular complexity index is 284. The number of nitrogens with zero attached hydrogens (tertiary/aromatic N) is 2. The van der Waals surface area contributed by atoms with Crippen LogP contribution in [0, 0.1) is 5.92 Å². The molecule has 3 aliphatic heterocycles. The maximum absolute atomic E-state index is 5.86. The summed E-state index contributed by atoms with van der Waals surface area (Å²) >= 11 is 0. The fraction of sp³-hybridized carbons (Fsp3) is 1.00. The normalized spacial score (nSPS) is 38.1. The van der Waals surface area contributed by atoms with Crippen LogP contribution in [0.1, 0.15) is 45.4 Å². The van der Waals surface area contributed by atoms with E-state index in [0.29, 0.717) is 6.10 Å². The standard InChI is InChI=1S/C16H30N2O/c1-2-16-14(7-11-19-16)12-17-8-5-10-18-9-4-3-6-15(18)13-17/h14-16H,2-13H2,1H3. The Morgan fingerprint density at radius 3 is 2.84 bits per heavy atom. The van der Waals surface area contributed by atoms with Crippen LogP contribution in [0.2, 0.25) is 0 Å². The van der Waals surface area contributed by atoms with Crippen molar-refractivity contribution in [3.05, 3.63) is 0 Å². The first-order chi connectivity index (χ1) is 9.36. The van der Waals surface area contributed by atoms with Crippen molar-refractivity contribution in [3.8, 4) is 0 Å². The van der Waals surface area contributed by atoms with E-state index in [1.54, 1.807) is 0 Å². The summed E-state index contributed by atoms with van der Waals surface area (Å²) < 4.78 is 5.86. The van der Waals surface area contributed by atoms with Crippen molar-refractivity contribution >= 4 is 0 Å². The lowest BCUT2D eigenvalue weighted by Crippen LogP contribution is -2.45. The fourth-order valence-corrected chi connectivity index (χ4v) is 4.30. The molecule has 0 bridgehead atoms. The fourth-order valence-electron chi connectivity index (χ4n) is 4.30. The lowest BCUT2D eigenvalue weighted by Gasteiger charge is -2.36. The van der Waals surface area contributed by atoms with Gasteiger partial charge in [0, 0.05) is 25.7 Å². The Kier molecular flexibility index (Phi) is 4.78. The van der Waals surface area contributed by atoms with E-state index in [9.17, 15) is 0 Å². The summed E-state index contributed by atoms with van der Waals surface area (Å²) in [6.07, 6.45) is 8.66. The molecule has 3 atom stereocenters. The highest BCUT2D eigenvalue weighted by Gasteiger charge is 2.31. The molecule has 3 fully saturated rings. The summed E-state index contributed by atoms with van der Waals surface area (Å²) in [5.41, 5.74) is 0. The second-order valence-electron chi connectivity index (χ2n) is 6.66. The Morgan fingerprint density at radius 1 is 1.05 bits per heavy atom. The van der Waals surface area contributed by atoms with Crippen LogP contribution in [-0.4, -0.2) is 61.3 Å². The number of ether oxygens (including phenoxy) is 1. The van der Waals surface area contributed by atoms with Crippen molar-refractivity contribution in [3.63, 3.8) is 0 Å². The molecule has 0 saturated carbocycles. The van der Waals surface area contributed by atoms with Crippen molar-refractivity contribution in [2.45, 2.75) is 57.6 Å². The first-order valence-electron chi connectivity index (χ1n) is 8.45. The largest absolute Gasteiger partial charge is 0.378 e. The van der Waals surface area contributed by atoms with Gasteiger partial charge in [0.05, 0.1) is 6.10 Å². The molecule has 3 saturated heterocycles. The van der Waals surface area contributed by atoms with Gasteiger partial charge in [0.25, 0.3) is 0 Å². The molecule has 0 spiro atoms. The van der Waals surface area contributed by atoms with Gasteiger partial charge in [-0.3, -0.25) is 4.90 Å². The maximum atomic E-state index is 5.86. The van der Waals surface area contributed by atoms with E-state index >= 15 is 0 Å². The second kappa shape index (κ2) is 6.55. The van der Waals surface area contributed by atoms with Gasteiger partial charge in [-0.05, 0) is 57.7 Å². The first-order valence-corrected chi connectivity index (χ1v) is 8.45. The molecule has 0 aliphatic carbocycles. The topological polar surface area (TPSA) is 15.7 Å². The Hall–Kier alpha value is -0.120. The summed E-state index contributed by atoms with van der Waals surface area (Å²) in [6.45, 7) is 9.85. The molecule has 0 N–H and O–H groups in total. The van der Waals surface area contributed by atoms with Gasteiger partial charge < -0.3 is 9.64 Å². The van der Waals surface area contributed by atoms with Crippen molar-refractivity contribution in [1.82, 2.24) is 9.80 Å². The predicted molar refractivity (Wildman–Crippen MR) is 78.4 cm³/mol. The Balaban J connectivity index is 1.55. The minimum atomic E-state index is 0.533. The van der Waals surface area contributed by atoms with E-state index in [4.69, 9.17) is 4.74 Å². The van der Waals surface area contributed by atoms with Crippen LogP contribution in [0.15, 0.2) is 0 Å². The van der Waals surface area contributed by atoms with Crippen molar-refractivity contribution in [1.29, 1.82) is 0 Å². The molecule has 0 aromatic heterocycles. The van der Waals surface area contributed by atoms with Gasteiger partial charge in [0.2, 0.25) is 0 Å². The van der Waals surface area contributed by atoms with Crippen LogP contribution < -0.4 is 0 Å². The molecule has 3 heteroatoms. The summed E-state index contributed by atoms with van der Waals surface area (Å²) in [5, 5.41) is 0. The van der Waals surface area contributed by atoms with Crippen LogP contribution in [-0.2, 0) is 4.74 Å². The zero-order valence-electron chi connectivity index (χ0n) is 12.5. The SMILES string of the molecule is CCC1OCCC1CN1CCCN2CCCCC2C1. The number of hydrogen-bond acceptors (Lipinski definition) is 3. The number of rotatable bonds is 3. The molecule has 0 aromatic carbocycles. The molecule has 3 aliphatic rings. The lowest BCUT2D eigenvalue weighted by atomic mass is 9.98. The van der Waals surface area contributed by atoms with E-state index in [1.807, 2.05) is 0 Å². The first kappa shape index (κ1) is 13.8. The third-order valence-corrected chi connectivity index (χ3v) is 5.38.